The fourth-order valence-corrected chi connectivity index (χ4v) is 3.34. The van der Waals surface area contributed by atoms with Crippen LogP contribution in [0, 0.1) is 0 Å². The first-order chi connectivity index (χ1) is 10.5. The molecular formula is C16H19N3O3. The lowest BCUT2D eigenvalue weighted by Gasteiger charge is -2.40. The Balaban J connectivity index is 1.75. The molecule has 22 heavy (non-hydrogen) atoms. The van der Waals surface area contributed by atoms with Gasteiger partial charge in [-0.15, -0.1) is 0 Å². The number of rotatable bonds is 1. The van der Waals surface area contributed by atoms with Gasteiger partial charge in [0.15, 0.2) is 0 Å². The zero-order valence-corrected chi connectivity index (χ0v) is 12.8. The third-order valence-corrected chi connectivity index (χ3v) is 4.82. The molecule has 0 aromatic heterocycles. The minimum absolute atomic E-state index is 0.0248. The molecule has 0 saturated carbocycles. The maximum Gasteiger partial charge on any atom is 0.327 e. The van der Waals surface area contributed by atoms with Gasteiger partial charge in [-0.25, -0.2) is 4.79 Å². The molecule has 0 bridgehead atoms. The van der Waals surface area contributed by atoms with E-state index >= 15 is 0 Å². The van der Waals surface area contributed by atoms with Gasteiger partial charge in [0.2, 0.25) is 0 Å². The molecule has 2 saturated heterocycles. The molecule has 0 radical (unpaired) electrons. The van der Waals surface area contributed by atoms with Gasteiger partial charge in [0.25, 0.3) is 11.8 Å². The van der Waals surface area contributed by atoms with Gasteiger partial charge in [0.05, 0.1) is 0 Å². The summed E-state index contributed by atoms with van der Waals surface area (Å²) in [4.78, 5) is 41.3. The van der Waals surface area contributed by atoms with Crippen LogP contribution >= 0.6 is 0 Å². The number of piperidine rings is 1. The number of carbonyl (C=O) groups is 3. The van der Waals surface area contributed by atoms with Crippen molar-refractivity contribution in [1.29, 1.82) is 0 Å². The number of hydrogen-bond donors (Lipinski definition) is 0. The maximum absolute atomic E-state index is 12.4. The van der Waals surface area contributed by atoms with Gasteiger partial charge in [-0.1, -0.05) is 18.2 Å². The molecule has 1 aromatic rings. The molecule has 1 aromatic carbocycles. The van der Waals surface area contributed by atoms with Crippen LogP contribution in [0.5, 0.6) is 0 Å². The minimum Gasteiger partial charge on any atom is -0.338 e. The van der Waals surface area contributed by atoms with Crippen molar-refractivity contribution in [2.75, 3.05) is 27.2 Å². The normalized spacial score (nSPS) is 20.9. The zero-order valence-electron chi connectivity index (χ0n) is 12.8. The first-order valence-corrected chi connectivity index (χ1v) is 7.38. The summed E-state index contributed by atoms with van der Waals surface area (Å²) in [5.74, 6) is -0.185. The summed E-state index contributed by atoms with van der Waals surface area (Å²) in [6.07, 6.45) is 0.966. The summed E-state index contributed by atoms with van der Waals surface area (Å²) >= 11 is 0. The van der Waals surface area contributed by atoms with E-state index in [9.17, 15) is 14.4 Å². The second-order valence-corrected chi connectivity index (χ2v) is 5.90. The molecule has 0 unspecified atom stereocenters. The summed E-state index contributed by atoms with van der Waals surface area (Å²) in [5.41, 5.74) is -0.128. The Kier molecular flexibility index (Phi) is 3.39. The predicted octanol–water partition coefficient (Wildman–Crippen LogP) is 1.19. The average molecular weight is 301 g/mol. The Hall–Kier alpha value is -2.37. The number of benzene rings is 1. The van der Waals surface area contributed by atoms with Crippen molar-refractivity contribution in [3.8, 4) is 0 Å². The van der Waals surface area contributed by atoms with Gasteiger partial charge in [-0.2, -0.15) is 0 Å². The maximum atomic E-state index is 12.4. The van der Waals surface area contributed by atoms with Crippen molar-refractivity contribution >= 4 is 17.8 Å². The number of nitrogens with zero attached hydrogens (tertiary/aromatic N) is 3. The summed E-state index contributed by atoms with van der Waals surface area (Å²) in [6, 6.07) is 8.84. The third kappa shape index (κ3) is 1.98. The second kappa shape index (κ2) is 5.12. The fourth-order valence-electron chi connectivity index (χ4n) is 3.34. The van der Waals surface area contributed by atoms with Gasteiger partial charge in [0.1, 0.15) is 5.54 Å². The summed E-state index contributed by atoms with van der Waals surface area (Å²) in [5, 5.41) is 0. The molecule has 1 spiro atoms. The molecule has 2 aliphatic rings. The van der Waals surface area contributed by atoms with Gasteiger partial charge in [0, 0.05) is 32.7 Å². The van der Waals surface area contributed by atoms with Gasteiger partial charge < -0.3 is 9.80 Å². The predicted molar refractivity (Wildman–Crippen MR) is 80.2 cm³/mol. The van der Waals surface area contributed by atoms with E-state index in [1.54, 1.807) is 24.1 Å². The lowest BCUT2D eigenvalue weighted by molar-refractivity contribution is -0.134. The summed E-state index contributed by atoms with van der Waals surface area (Å²) in [7, 11) is 3.18. The molecule has 2 heterocycles. The third-order valence-electron chi connectivity index (χ3n) is 4.82. The highest BCUT2D eigenvalue weighted by Gasteiger charge is 2.55. The van der Waals surface area contributed by atoms with Crippen molar-refractivity contribution in [3.05, 3.63) is 35.9 Å². The van der Waals surface area contributed by atoms with Crippen molar-refractivity contribution in [2.45, 2.75) is 18.4 Å². The second-order valence-electron chi connectivity index (χ2n) is 5.90. The molecule has 4 amide bonds. The van der Waals surface area contributed by atoms with Crippen LogP contribution in [0.3, 0.4) is 0 Å². The molecule has 0 aliphatic carbocycles. The SMILES string of the molecule is CN1C(=O)N(C)C2(CCN(C(=O)c3ccccc3)CC2)C1=O. The largest absolute Gasteiger partial charge is 0.338 e. The van der Waals surface area contributed by atoms with E-state index in [0.29, 0.717) is 31.5 Å². The quantitative estimate of drug-likeness (QED) is 0.732. The zero-order chi connectivity index (χ0) is 15.9. The fraction of sp³-hybridized carbons (Fsp3) is 0.438. The van der Waals surface area contributed by atoms with Crippen molar-refractivity contribution < 1.29 is 14.4 Å². The van der Waals surface area contributed by atoms with E-state index < -0.39 is 5.54 Å². The number of hydrogen-bond acceptors (Lipinski definition) is 3. The first-order valence-electron chi connectivity index (χ1n) is 7.38. The minimum atomic E-state index is -0.778. The van der Waals surface area contributed by atoms with Crippen LogP contribution in [0.25, 0.3) is 0 Å². The summed E-state index contributed by atoms with van der Waals surface area (Å²) in [6.45, 7) is 0.954. The van der Waals surface area contributed by atoms with Crippen LogP contribution in [0.15, 0.2) is 30.3 Å². The van der Waals surface area contributed by atoms with Crippen LogP contribution in [-0.2, 0) is 4.79 Å². The van der Waals surface area contributed by atoms with Crippen LogP contribution in [-0.4, -0.2) is 65.3 Å². The van der Waals surface area contributed by atoms with Crippen LogP contribution in [0.2, 0.25) is 0 Å². The van der Waals surface area contributed by atoms with E-state index in [2.05, 4.69) is 0 Å². The standard InChI is InChI=1S/C16H19N3O3/c1-17-14(21)16(18(2)15(17)22)8-10-19(11-9-16)13(20)12-6-4-3-5-7-12/h3-7H,8-11H2,1-2H3. The molecular weight excluding hydrogens is 282 g/mol. The van der Waals surface area contributed by atoms with Crippen molar-refractivity contribution in [3.63, 3.8) is 0 Å². The van der Waals surface area contributed by atoms with Crippen molar-refractivity contribution in [2.24, 2.45) is 0 Å². The highest BCUT2D eigenvalue weighted by molar-refractivity contribution is 6.06. The average Bonchev–Trinajstić information content (AvgIpc) is 2.72. The number of amides is 4. The number of likely N-dealkylation sites (tertiary alicyclic amines) is 1. The molecule has 2 aliphatic heterocycles. The summed E-state index contributed by atoms with van der Waals surface area (Å²) < 4.78 is 0. The van der Waals surface area contributed by atoms with Crippen LogP contribution < -0.4 is 0 Å². The Labute approximate surface area is 129 Å². The highest BCUT2D eigenvalue weighted by Crippen LogP contribution is 2.35. The molecule has 3 rings (SSSR count). The number of carbonyl (C=O) groups excluding carboxylic acids is 3. The Bertz CT molecular complexity index is 621. The Morgan fingerprint density at radius 2 is 1.64 bits per heavy atom. The van der Waals surface area contributed by atoms with Crippen LogP contribution in [0.1, 0.15) is 23.2 Å². The first kappa shape index (κ1) is 14.6. The van der Waals surface area contributed by atoms with Crippen molar-refractivity contribution in [1.82, 2.24) is 14.7 Å². The smallest absolute Gasteiger partial charge is 0.327 e. The van der Waals surface area contributed by atoms with E-state index in [4.69, 9.17) is 0 Å². The van der Waals surface area contributed by atoms with Gasteiger partial charge in [-0.05, 0) is 25.0 Å². The number of imide groups is 1. The topological polar surface area (TPSA) is 60.9 Å². The van der Waals surface area contributed by atoms with Gasteiger partial charge >= 0.3 is 6.03 Å². The van der Waals surface area contributed by atoms with E-state index in [1.807, 2.05) is 18.2 Å². The molecule has 2 fully saturated rings. The molecule has 6 nitrogen and oxygen atoms in total. The van der Waals surface area contributed by atoms with Crippen LogP contribution in [0.4, 0.5) is 4.79 Å². The monoisotopic (exact) mass is 301 g/mol. The Morgan fingerprint density at radius 3 is 2.14 bits per heavy atom. The molecule has 6 heteroatoms. The lowest BCUT2D eigenvalue weighted by Crippen LogP contribution is -2.56. The lowest BCUT2D eigenvalue weighted by atomic mass is 9.86. The Morgan fingerprint density at radius 1 is 1.05 bits per heavy atom. The highest BCUT2D eigenvalue weighted by atomic mass is 16.2. The van der Waals surface area contributed by atoms with E-state index in [-0.39, 0.29) is 17.8 Å². The van der Waals surface area contributed by atoms with E-state index in [1.165, 1.54) is 16.8 Å². The number of likely N-dealkylation sites (N-methyl/N-ethyl adjacent to an activating group) is 2. The molecule has 116 valence electrons. The molecule has 0 N–H and O–H groups in total. The van der Waals surface area contributed by atoms with Gasteiger partial charge in [-0.3, -0.25) is 14.5 Å². The molecule has 0 atom stereocenters. The van der Waals surface area contributed by atoms with E-state index in [0.717, 1.165) is 0 Å². The number of urea groups is 1.